The lowest BCUT2D eigenvalue weighted by Gasteiger charge is -2.28. The van der Waals surface area contributed by atoms with E-state index in [0.29, 0.717) is 5.92 Å². The molecule has 0 saturated carbocycles. The van der Waals surface area contributed by atoms with E-state index in [1.54, 1.807) is 0 Å². The Morgan fingerprint density at radius 3 is 2.24 bits per heavy atom. The lowest BCUT2D eigenvalue weighted by Crippen LogP contribution is -2.29. The summed E-state index contributed by atoms with van der Waals surface area (Å²) in [5, 5.41) is 4.31. The Balaban J connectivity index is 1.65. The number of nitrogens with zero attached hydrogens (tertiary/aromatic N) is 3. The molecule has 2 aromatic heterocycles. The quantitative estimate of drug-likeness (QED) is 0.328. The number of hydrogen-bond acceptors (Lipinski definition) is 2. The summed E-state index contributed by atoms with van der Waals surface area (Å²) >= 11 is 5.92. The van der Waals surface area contributed by atoms with E-state index in [1.165, 1.54) is 28.2 Å². The van der Waals surface area contributed by atoms with E-state index in [2.05, 4.69) is 109 Å². The van der Waals surface area contributed by atoms with Crippen LogP contribution in [0.4, 0.5) is 5.69 Å². The largest absolute Gasteiger partial charge is 0.351 e. The lowest BCUT2D eigenvalue weighted by molar-refractivity contribution is 0.565. The fourth-order valence-corrected chi connectivity index (χ4v) is 5.38. The lowest BCUT2D eigenvalue weighted by atomic mass is 9.96. The highest BCUT2D eigenvalue weighted by atomic mass is 32.1. The Hall–Kier alpha value is -3.44. The summed E-state index contributed by atoms with van der Waals surface area (Å²) in [6, 6.07) is 27.6. The summed E-state index contributed by atoms with van der Waals surface area (Å²) in [6.45, 7) is 8.80. The average molecular weight is 467 g/mol. The molecule has 0 aliphatic carbocycles. The van der Waals surface area contributed by atoms with E-state index in [0.717, 1.165) is 16.5 Å². The van der Waals surface area contributed by atoms with Gasteiger partial charge in [0.15, 0.2) is 5.11 Å². The van der Waals surface area contributed by atoms with Crippen LogP contribution in [-0.2, 0) is 0 Å². The van der Waals surface area contributed by atoms with Crippen molar-refractivity contribution >= 4 is 23.0 Å². The minimum Gasteiger partial charge on any atom is -0.351 e. The first-order valence-corrected chi connectivity index (χ1v) is 12.2. The molecule has 5 heteroatoms. The molecule has 0 spiro atoms. The first kappa shape index (κ1) is 22.4. The topological polar surface area (TPSA) is 33.1 Å². The van der Waals surface area contributed by atoms with Crippen LogP contribution in [0.15, 0.2) is 85.1 Å². The van der Waals surface area contributed by atoms with Crippen molar-refractivity contribution in [3.05, 3.63) is 113 Å². The molecule has 1 saturated heterocycles. The predicted octanol–water partition coefficient (Wildman–Crippen LogP) is 6.79. The van der Waals surface area contributed by atoms with Gasteiger partial charge in [-0.1, -0.05) is 50.2 Å². The second kappa shape index (κ2) is 9.07. The van der Waals surface area contributed by atoms with Crippen molar-refractivity contribution in [2.75, 3.05) is 4.90 Å². The van der Waals surface area contributed by atoms with E-state index in [9.17, 15) is 0 Å². The van der Waals surface area contributed by atoms with E-state index < -0.39 is 0 Å². The van der Waals surface area contributed by atoms with Gasteiger partial charge in [0.1, 0.15) is 0 Å². The zero-order valence-corrected chi connectivity index (χ0v) is 20.9. The number of benzene rings is 2. The number of aromatic nitrogens is 2. The summed E-state index contributed by atoms with van der Waals surface area (Å²) in [7, 11) is 0. The number of nitrogens with one attached hydrogen (secondary N) is 1. The average Bonchev–Trinajstić information content (AvgIpc) is 3.35. The van der Waals surface area contributed by atoms with E-state index >= 15 is 0 Å². The maximum Gasteiger partial charge on any atom is 0.174 e. The zero-order valence-electron chi connectivity index (χ0n) is 20.1. The summed E-state index contributed by atoms with van der Waals surface area (Å²) in [5.74, 6) is 0.486. The minimum atomic E-state index is -0.0526. The molecule has 1 aliphatic heterocycles. The summed E-state index contributed by atoms with van der Waals surface area (Å²) < 4.78 is 2.33. The first-order valence-electron chi connectivity index (χ1n) is 11.8. The molecule has 5 rings (SSSR count). The van der Waals surface area contributed by atoms with Crippen LogP contribution in [0.5, 0.6) is 0 Å². The maximum atomic E-state index is 5.92. The Labute approximate surface area is 207 Å². The van der Waals surface area contributed by atoms with Crippen molar-refractivity contribution in [2.24, 2.45) is 0 Å². The van der Waals surface area contributed by atoms with Crippen molar-refractivity contribution < 1.29 is 0 Å². The fourth-order valence-electron chi connectivity index (χ4n) is 5.03. The molecule has 4 aromatic rings. The van der Waals surface area contributed by atoms with Crippen LogP contribution in [-0.4, -0.2) is 14.7 Å². The van der Waals surface area contributed by atoms with Gasteiger partial charge in [-0.05, 0) is 85.6 Å². The van der Waals surface area contributed by atoms with Gasteiger partial charge in [-0.25, -0.2) is 0 Å². The first-order chi connectivity index (χ1) is 16.5. The summed E-state index contributed by atoms with van der Waals surface area (Å²) in [6.07, 6.45) is 1.85. The molecule has 1 fully saturated rings. The predicted molar refractivity (Wildman–Crippen MR) is 144 cm³/mol. The van der Waals surface area contributed by atoms with Crippen LogP contribution in [0.1, 0.15) is 60.1 Å². The van der Waals surface area contributed by atoms with Crippen molar-refractivity contribution in [3.63, 3.8) is 0 Å². The number of pyridine rings is 1. The van der Waals surface area contributed by atoms with Crippen molar-refractivity contribution in [2.45, 2.75) is 45.7 Å². The molecule has 0 radical (unpaired) electrons. The number of rotatable bonds is 5. The molecule has 0 unspecified atom stereocenters. The molecule has 0 bridgehead atoms. The Bertz CT molecular complexity index is 1290. The van der Waals surface area contributed by atoms with Gasteiger partial charge in [0.25, 0.3) is 0 Å². The minimum absolute atomic E-state index is 0.0176. The van der Waals surface area contributed by atoms with Gasteiger partial charge in [0.05, 0.1) is 17.8 Å². The number of para-hydroxylation sites is 1. The molecule has 2 aromatic carbocycles. The third kappa shape index (κ3) is 3.90. The SMILES string of the molecule is Cc1cc([C@@H]2[C@@H](c3ccccn3)NC(=S)N2c2ccc(C(C)C)cc2)c(C)n1-c1ccccc1. The molecule has 1 aliphatic rings. The highest BCUT2D eigenvalue weighted by Gasteiger charge is 2.42. The Morgan fingerprint density at radius 2 is 1.59 bits per heavy atom. The molecule has 172 valence electrons. The molecule has 1 N–H and O–H groups in total. The van der Waals surface area contributed by atoms with Gasteiger partial charge >= 0.3 is 0 Å². The van der Waals surface area contributed by atoms with Gasteiger partial charge in [-0.3, -0.25) is 4.98 Å². The fraction of sp³-hybridized carbons (Fsp3) is 0.241. The Morgan fingerprint density at radius 1 is 0.882 bits per heavy atom. The second-order valence-corrected chi connectivity index (χ2v) is 9.63. The van der Waals surface area contributed by atoms with Gasteiger partial charge in [0, 0.05) is 29.0 Å². The van der Waals surface area contributed by atoms with Gasteiger partial charge < -0.3 is 14.8 Å². The standard InChI is InChI=1S/C29H30N4S/c1-19(2)22-13-15-24(16-14-22)33-28(27(31-29(33)34)26-12-8-9-17-30-26)25-18-20(3)32(21(25)4)23-10-6-5-7-11-23/h5-19,27-28H,1-4H3,(H,31,34)/t27-,28-/m1/s1. The highest BCUT2D eigenvalue weighted by Crippen LogP contribution is 2.43. The van der Waals surface area contributed by atoms with E-state index in [1.807, 2.05) is 18.3 Å². The number of hydrogen-bond donors (Lipinski definition) is 1. The smallest absolute Gasteiger partial charge is 0.174 e. The summed E-state index contributed by atoms with van der Waals surface area (Å²) in [4.78, 5) is 6.96. The number of thiocarbonyl (C=S) groups is 1. The van der Waals surface area contributed by atoms with Crippen LogP contribution in [0.25, 0.3) is 5.69 Å². The van der Waals surface area contributed by atoms with Crippen LogP contribution in [0.3, 0.4) is 0 Å². The van der Waals surface area contributed by atoms with E-state index in [4.69, 9.17) is 17.2 Å². The van der Waals surface area contributed by atoms with Crippen LogP contribution in [0, 0.1) is 13.8 Å². The van der Waals surface area contributed by atoms with Crippen LogP contribution in [0.2, 0.25) is 0 Å². The van der Waals surface area contributed by atoms with Gasteiger partial charge in [0.2, 0.25) is 0 Å². The van der Waals surface area contributed by atoms with Gasteiger partial charge in [-0.15, -0.1) is 0 Å². The molecule has 4 nitrogen and oxygen atoms in total. The zero-order chi connectivity index (χ0) is 23.8. The molecule has 0 amide bonds. The third-order valence-corrected chi connectivity index (χ3v) is 7.05. The maximum absolute atomic E-state index is 5.92. The second-order valence-electron chi connectivity index (χ2n) is 9.24. The van der Waals surface area contributed by atoms with Gasteiger partial charge in [-0.2, -0.15) is 0 Å². The van der Waals surface area contributed by atoms with Crippen LogP contribution < -0.4 is 10.2 Å². The molecular weight excluding hydrogens is 436 g/mol. The van der Waals surface area contributed by atoms with Crippen molar-refractivity contribution in [1.82, 2.24) is 14.9 Å². The molecule has 3 heterocycles. The van der Waals surface area contributed by atoms with Crippen molar-refractivity contribution in [1.29, 1.82) is 0 Å². The Kier molecular flexibility index (Phi) is 5.96. The molecular formula is C29H30N4S. The third-order valence-electron chi connectivity index (χ3n) is 6.74. The monoisotopic (exact) mass is 466 g/mol. The number of anilines is 1. The van der Waals surface area contributed by atoms with E-state index in [-0.39, 0.29) is 12.1 Å². The summed E-state index contributed by atoms with van der Waals surface area (Å²) in [5.41, 5.74) is 8.23. The highest BCUT2D eigenvalue weighted by molar-refractivity contribution is 7.80. The van der Waals surface area contributed by atoms with Crippen LogP contribution >= 0.6 is 12.2 Å². The normalized spacial score (nSPS) is 17.9. The molecule has 34 heavy (non-hydrogen) atoms. The number of aryl methyl sites for hydroxylation is 1. The van der Waals surface area contributed by atoms with Crippen molar-refractivity contribution in [3.8, 4) is 5.69 Å². The molecule has 2 atom stereocenters.